The first-order valence-corrected chi connectivity index (χ1v) is 11.0. The van der Waals surface area contributed by atoms with E-state index in [2.05, 4.69) is 26.0 Å². The lowest BCUT2D eigenvalue weighted by Crippen LogP contribution is -2.16. The number of sulfonamides is 1. The summed E-state index contributed by atoms with van der Waals surface area (Å²) in [6.07, 6.45) is 0. The lowest BCUT2D eigenvalue weighted by Gasteiger charge is -2.12. The van der Waals surface area contributed by atoms with Crippen LogP contribution in [0.4, 0.5) is 15.8 Å². The Hall–Kier alpha value is -2.42. The minimum absolute atomic E-state index is 0.00177. The largest absolute Gasteiger partial charge is 0.319 e. The quantitative estimate of drug-likeness (QED) is 0.481. The van der Waals surface area contributed by atoms with Crippen LogP contribution in [-0.4, -0.2) is 14.3 Å². The summed E-state index contributed by atoms with van der Waals surface area (Å²) in [7, 11) is -3.85. The van der Waals surface area contributed by atoms with E-state index in [-0.39, 0.29) is 26.9 Å². The lowest BCUT2D eigenvalue weighted by atomic mass is 10.2. The molecule has 0 aromatic heterocycles. The average molecular weight is 498 g/mol. The van der Waals surface area contributed by atoms with E-state index in [1.54, 1.807) is 18.2 Å². The van der Waals surface area contributed by atoms with Crippen LogP contribution in [0.5, 0.6) is 0 Å². The number of aryl methyl sites for hydroxylation is 1. The Morgan fingerprint density at radius 1 is 1.03 bits per heavy atom. The molecule has 0 heterocycles. The fourth-order valence-corrected chi connectivity index (χ4v) is 4.06. The minimum atomic E-state index is -3.85. The summed E-state index contributed by atoms with van der Waals surface area (Å²) in [6.45, 7) is 1.85. The molecule has 29 heavy (non-hydrogen) atoms. The third kappa shape index (κ3) is 5.14. The van der Waals surface area contributed by atoms with E-state index in [0.717, 1.165) is 5.56 Å². The molecule has 0 unspecified atom stereocenters. The first kappa shape index (κ1) is 21.3. The van der Waals surface area contributed by atoms with Crippen LogP contribution < -0.4 is 10.0 Å². The Labute approximate surface area is 181 Å². The van der Waals surface area contributed by atoms with Crippen LogP contribution in [0.2, 0.25) is 5.02 Å². The molecule has 0 saturated carbocycles. The summed E-state index contributed by atoms with van der Waals surface area (Å²) in [5.74, 6) is -1.30. The number of hydrogen-bond donors (Lipinski definition) is 2. The Kier molecular flexibility index (Phi) is 6.26. The summed E-state index contributed by atoms with van der Waals surface area (Å²) < 4.78 is 42.0. The molecule has 3 rings (SSSR count). The molecule has 0 spiro atoms. The molecule has 2 N–H and O–H groups in total. The molecule has 0 aliphatic heterocycles. The molecular weight excluding hydrogens is 483 g/mol. The standard InChI is InChI=1S/C20H15BrClFN2O3S/c1-12-2-6-15(7-3-12)29(27,28)25-14-5-8-17(22)16(11-14)20(26)24-19-9-4-13(21)10-18(19)23/h2-11,25H,1H3,(H,24,26). The van der Waals surface area contributed by atoms with E-state index in [1.807, 2.05) is 6.92 Å². The van der Waals surface area contributed by atoms with Crippen LogP contribution >= 0.6 is 27.5 Å². The number of halogens is 3. The second-order valence-corrected chi connectivity index (χ2v) is 9.20. The van der Waals surface area contributed by atoms with E-state index in [0.29, 0.717) is 4.47 Å². The van der Waals surface area contributed by atoms with Gasteiger partial charge in [0.15, 0.2) is 0 Å². The first-order valence-electron chi connectivity index (χ1n) is 8.31. The molecule has 0 atom stereocenters. The SMILES string of the molecule is Cc1ccc(S(=O)(=O)Nc2ccc(Cl)c(C(=O)Nc3ccc(Br)cc3F)c2)cc1. The molecule has 1 amide bonds. The normalized spacial score (nSPS) is 11.2. The predicted molar refractivity (Wildman–Crippen MR) is 115 cm³/mol. The van der Waals surface area contributed by atoms with Crippen LogP contribution in [0.15, 0.2) is 70.0 Å². The van der Waals surface area contributed by atoms with Crippen LogP contribution in [-0.2, 0) is 10.0 Å². The highest BCUT2D eigenvalue weighted by Gasteiger charge is 2.17. The van der Waals surface area contributed by atoms with E-state index >= 15 is 0 Å². The maximum Gasteiger partial charge on any atom is 0.261 e. The van der Waals surface area contributed by atoms with Gasteiger partial charge in [0.2, 0.25) is 0 Å². The van der Waals surface area contributed by atoms with Gasteiger partial charge in [-0.05, 0) is 55.5 Å². The van der Waals surface area contributed by atoms with Crippen molar-refractivity contribution in [1.29, 1.82) is 0 Å². The van der Waals surface area contributed by atoms with Crippen molar-refractivity contribution in [2.24, 2.45) is 0 Å². The van der Waals surface area contributed by atoms with Gasteiger partial charge in [-0.3, -0.25) is 9.52 Å². The minimum Gasteiger partial charge on any atom is -0.319 e. The van der Waals surface area contributed by atoms with Gasteiger partial charge in [0, 0.05) is 10.2 Å². The van der Waals surface area contributed by atoms with E-state index in [4.69, 9.17) is 11.6 Å². The lowest BCUT2D eigenvalue weighted by molar-refractivity contribution is 0.102. The van der Waals surface area contributed by atoms with Crippen molar-refractivity contribution >= 4 is 54.8 Å². The number of amides is 1. The molecule has 0 fully saturated rings. The van der Waals surface area contributed by atoms with Gasteiger partial charge in [-0.15, -0.1) is 0 Å². The van der Waals surface area contributed by atoms with E-state index in [9.17, 15) is 17.6 Å². The molecule has 3 aromatic carbocycles. The second-order valence-electron chi connectivity index (χ2n) is 6.19. The summed E-state index contributed by atoms with van der Waals surface area (Å²) in [4.78, 5) is 12.6. The van der Waals surface area contributed by atoms with Crippen molar-refractivity contribution in [3.8, 4) is 0 Å². The van der Waals surface area contributed by atoms with E-state index in [1.165, 1.54) is 42.5 Å². The molecule has 3 aromatic rings. The molecule has 150 valence electrons. The number of carbonyl (C=O) groups is 1. The highest BCUT2D eigenvalue weighted by molar-refractivity contribution is 9.10. The molecule has 0 bridgehead atoms. The second kappa shape index (κ2) is 8.52. The Morgan fingerprint density at radius 2 is 1.72 bits per heavy atom. The first-order chi connectivity index (χ1) is 13.7. The third-order valence-electron chi connectivity index (χ3n) is 3.97. The van der Waals surface area contributed by atoms with Gasteiger partial charge in [0.25, 0.3) is 15.9 Å². The van der Waals surface area contributed by atoms with Gasteiger partial charge in [0.1, 0.15) is 5.82 Å². The maximum atomic E-state index is 14.0. The van der Waals surface area contributed by atoms with Crippen LogP contribution in [0, 0.1) is 12.7 Å². The highest BCUT2D eigenvalue weighted by atomic mass is 79.9. The molecule has 5 nitrogen and oxygen atoms in total. The monoisotopic (exact) mass is 496 g/mol. The smallest absolute Gasteiger partial charge is 0.261 e. The molecule has 0 aliphatic carbocycles. The highest BCUT2D eigenvalue weighted by Crippen LogP contribution is 2.25. The van der Waals surface area contributed by atoms with Crippen LogP contribution in [0.1, 0.15) is 15.9 Å². The summed E-state index contributed by atoms with van der Waals surface area (Å²) in [5, 5.41) is 2.52. The molecular formula is C20H15BrClFN2O3S. The zero-order valence-electron chi connectivity index (χ0n) is 15.0. The van der Waals surface area contributed by atoms with Crippen molar-refractivity contribution < 1.29 is 17.6 Å². The fourth-order valence-electron chi connectivity index (χ4n) is 2.47. The van der Waals surface area contributed by atoms with Gasteiger partial charge >= 0.3 is 0 Å². The summed E-state index contributed by atoms with van der Waals surface area (Å²) in [5.41, 5.74) is 1.05. The van der Waals surface area contributed by atoms with E-state index < -0.39 is 21.7 Å². The number of benzene rings is 3. The van der Waals surface area contributed by atoms with Gasteiger partial charge in [-0.2, -0.15) is 0 Å². The Bertz CT molecular complexity index is 1180. The van der Waals surface area contributed by atoms with Gasteiger partial charge in [-0.1, -0.05) is 45.2 Å². The van der Waals surface area contributed by atoms with Crippen LogP contribution in [0.3, 0.4) is 0 Å². The van der Waals surface area contributed by atoms with Crippen LogP contribution in [0.25, 0.3) is 0 Å². The van der Waals surface area contributed by atoms with Crippen molar-refractivity contribution in [2.45, 2.75) is 11.8 Å². The average Bonchev–Trinajstić information content (AvgIpc) is 2.65. The van der Waals surface area contributed by atoms with Crippen molar-refractivity contribution in [2.75, 3.05) is 10.0 Å². The molecule has 0 radical (unpaired) electrons. The third-order valence-corrected chi connectivity index (χ3v) is 6.19. The zero-order chi connectivity index (χ0) is 21.2. The zero-order valence-corrected chi connectivity index (χ0v) is 18.2. The topological polar surface area (TPSA) is 75.3 Å². The Morgan fingerprint density at radius 3 is 2.38 bits per heavy atom. The van der Waals surface area contributed by atoms with Gasteiger partial charge < -0.3 is 5.32 Å². The fraction of sp³-hybridized carbons (Fsp3) is 0.0500. The summed E-state index contributed by atoms with van der Waals surface area (Å²) in [6, 6.07) is 14.6. The number of nitrogens with one attached hydrogen (secondary N) is 2. The van der Waals surface area contributed by atoms with Crippen molar-refractivity contribution in [3.05, 3.63) is 87.1 Å². The Balaban J connectivity index is 1.85. The molecule has 0 saturated heterocycles. The maximum absolute atomic E-state index is 14.0. The number of anilines is 2. The van der Waals surface area contributed by atoms with Gasteiger partial charge in [0.05, 0.1) is 21.2 Å². The number of hydrogen-bond acceptors (Lipinski definition) is 3. The predicted octanol–water partition coefficient (Wildman–Crippen LogP) is 5.60. The van der Waals surface area contributed by atoms with Crippen molar-refractivity contribution in [3.63, 3.8) is 0 Å². The molecule has 9 heteroatoms. The number of rotatable bonds is 5. The number of carbonyl (C=O) groups excluding carboxylic acids is 1. The van der Waals surface area contributed by atoms with Crippen molar-refractivity contribution in [1.82, 2.24) is 0 Å². The summed E-state index contributed by atoms with van der Waals surface area (Å²) >= 11 is 9.23. The van der Waals surface area contributed by atoms with Gasteiger partial charge in [-0.25, -0.2) is 12.8 Å². The molecule has 0 aliphatic rings.